The maximum atomic E-state index is 12.8. The molecule has 2 heterocycles. The lowest BCUT2D eigenvalue weighted by molar-refractivity contribution is -0.137. The molecule has 1 aliphatic rings. The van der Waals surface area contributed by atoms with Gasteiger partial charge in [-0.15, -0.1) is 12.4 Å². The molecule has 0 saturated carbocycles. The van der Waals surface area contributed by atoms with E-state index >= 15 is 0 Å². The van der Waals surface area contributed by atoms with Crippen molar-refractivity contribution >= 4 is 18.6 Å². The van der Waals surface area contributed by atoms with Gasteiger partial charge in [0, 0.05) is 11.5 Å². The van der Waals surface area contributed by atoms with Crippen molar-refractivity contribution in [2.45, 2.75) is 38.8 Å². The fourth-order valence-electron chi connectivity index (χ4n) is 3.18. The van der Waals surface area contributed by atoms with Crippen LogP contribution < -0.4 is 10.2 Å². The van der Waals surface area contributed by atoms with Crippen molar-refractivity contribution in [3.63, 3.8) is 0 Å². The summed E-state index contributed by atoms with van der Waals surface area (Å²) in [5.41, 5.74) is 1.67. The molecular formula is C19H22ClF3N4O. The number of nitrogens with zero attached hydrogens (tertiary/aromatic N) is 3. The average molecular weight is 415 g/mol. The van der Waals surface area contributed by atoms with E-state index in [1.165, 1.54) is 18.3 Å². The van der Waals surface area contributed by atoms with Crippen molar-refractivity contribution in [3.8, 4) is 5.75 Å². The van der Waals surface area contributed by atoms with E-state index in [-0.39, 0.29) is 18.2 Å². The second-order valence-electron chi connectivity index (χ2n) is 6.53. The van der Waals surface area contributed by atoms with E-state index in [9.17, 15) is 13.2 Å². The Balaban J connectivity index is 0.00000280. The highest BCUT2D eigenvalue weighted by Gasteiger charge is 2.30. The Labute approximate surface area is 167 Å². The van der Waals surface area contributed by atoms with Gasteiger partial charge in [-0.2, -0.15) is 13.2 Å². The SMILES string of the molecule is Cc1nc(C)c(C=NOc2cccc(C(F)(F)F)c2)c(C2CCNCC2)n1.Cl. The molecule has 1 aromatic heterocycles. The van der Waals surface area contributed by atoms with E-state index in [1.807, 2.05) is 13.8 Å². The number of hydrogen-bond acceptors (Lipinski definition) is 5. The maximum Gasteiger partial charge on any atom is 0.416 e. The fourth-order valence-corrected chi connectivity index (χ4v) is 3.18. The average Bonchev–Trinajstić information content (AvgIpc) is 2.63. The lowest BCUT2D eigenvalue weighted by atomic mass is 9.91. The highest BCUT2D eigenvalue weighted by molar-refractivity contribution is 5.85. The topological polar surface area (TPSA) is 59.4 Å². The van der Waals surface area contributed by atoms with Crippen LogP contribution in [0.2, 0.25) is 0 Å². The molecule has 2 aromatic rings. The number of oxime groups is 1. The first-order chi connectivity index (χ1) is 12.8. The Bertz CT molecular complexity index is 836. The first-order valence-corrected chi connectivity index (χ1v) is 8.78. The summed E-state index contributed by atoms with van der Waals surface area (Å²) in [6.07, 6.45) is -1.00. The van der Waals surface area contributed by atoms with Crippen molar-refractivity contribution in [1.29, 1.82) is 0 Å². The minimum atomic E-state index is -4.42. The minimum Gasteiger partial charge on any atom is -0.357 e. The van der Waals surface area contributed by atoms with Crippen LogP contribution >= 0.6 is 12.4 Å². The van der Waals surface area contributed by atoms with Crippen LogP contribution in [0.3, 0.4) is 0 Å². The number of alkyl halides is 3. The second-order valence-corrected chi connectivity index (χ2v) is 6.53. The Morgan fingerprint density at radius 3 is 2.57 bits per heavy atom. The molecule has 28 heavy (non-hydrogen) atoms. The molecule has 1 aliphatic heterocycles. The highest BCUT2D eigenvalue weighted by atomic mass is 35.5. The summed E-state index contributed by atoms with van der Waals surface area (Å²) >= 11 is 0. The third-order valence-corrected chi connectivity index (χ3v) is 4.50. The molecule has 5 nitrogen and oxygen atoms in total. The normalized spacial score (nSPS) is 15.5. The number of aromatic nitrogens is 2. The van der Waals surface area contributed by atoms with Gasteiger partial charge < -0.3 is 10.2 Å². The van der Waals surface area contributed by atoms with E-state index in [2.05, 4.69) is 20.4 Å². The molecule has 1 saturated heterocycles. The molecule has 3 rings (SSSR count). The second kappa shape index (κ2) is 9.34. The Kier molecular flexibility index (Phi) is 7.37. The maximum absolute atomic E-state index is 12.8. The van der Waals surface area contributed by atoms with Crippen LogP contribution in [0.4, 0.5) is 13.2 Å². The number of hydrogen-bond donors (Lipinski definition) is 1. The summed E-state index contributed by atoms with van der Waals surface area (Å²) in [6.45, 7) is 5.55. The molecule has 152 valence electrons. The van der Waals surface area contributed by atoms with Gasteiger partial charge in [0.2, 0.25) is 0 Å². The molecule has 9 heteroatoms. The Morgan fingerprint density at radius 1 is 1.18 bits per heavy atom. The highest BCUT2D eigenvalue weighted by Crippen LogP contribution is 2.31. The van der Waals surface area contributed by atoms with Crippen molar-refractivity contribution < 1.29 is 18.0 Å². The van der Waals surface area contributed by atoms with Gasteiger partial charge in [0.25, 0.3) is 0 Å². The molecule has 1 aromatic carbocycles. The van der Waals surface area contributed by atoms with Gasteiger partial charge >= 0.3 is 6.18 Å². The first-order valence-electron chi connectivity index (χ1n) is 8.78. The number of piperidine rings is 1. The number of nitrogens with one attached hydrogen (secondary N) is 1. The smallest absolute Gasteiger partial charge is 0.357 e. The predicted molar refractivity (Wildman–Crippen MR) is 103 cm³/mol. The van der Waals surface area contributed by atoms with Crippen LogP contribution in [-0.2, 0) is 6.18 Å². The zero-order valence-corrected chi connectivity index (χ0v) is 16.4. The third-order valence-electron chi connectivity index (χ3n) is 4.50. The molecule has 0 radical (unpaired) electrons. The summed E-state index contributed by atoms with van der Waals surface area (Å²) in [7, 11) is 0. The molecule has 0 bridgehead atoms. The van der Waals surface area contributed by atoms with E-state index < -0.39 is 11.7 Å². The Morgan fingerprint density at radius 2 is 1.89 bits per heavy atom. The largest absolute Gasteiger partial charge is 0.416 e. The van der Waals surface area contributed by atoms with Gasteiger partial charge in [-0.1, -0.05) is 11.2 Å². The molecular weight excluding hydrogens is 393 g/mol. The van der Waals surface area contributed by atoms with Crippen LogP contribution in [0.5, 0.6) is 5.75 Å². The summed E-state index contributed by atoms with van der Waals surface area (Å²) in [5.74, 6) is 1.01. The van der Waals surface area contributed by atoms with Crippen LogP contribution in [0.25, 0.3) is 0 Å². The summed E-state index contributed by atoms with van der Waals surface area (Å²) in [4.78, 5) is 14.1. The molecule has 1 fully saturated rings. The van der Waals surface area contributed by atoms with Gasteiger partial charge in [0.05, 0.1) is 23.2 Å². The van der Waals surface area contributed by atoms with Crippen LogP contribution in [0, 0.1) is 13.8 Å². The zero-order chi connectivity index (χ0) is 19.4. The molecule has 0 aliphatic carbocycles. The van der Waals surface area contributed by atoms with E-state index in [0.717, 1.165) is 55.0 Å². The number of halogens is 4. The standard InChI is InChI=1S/C19H21F3N4O.ClH/c1-12-17(18(26-13(2)25-12)14-6-8-23-9-7-14)11-24-27-16-5-3-4-15(10-16)19(20,21)22;/h3-5,10-11,14,23H,6-9H2,1-2H3;1H. The Hall–Kier alpha value is -2.19. The third kappa shape index (κ3) is 5.42. The molecule has 0 unspecified atom stereocenters. The zero-order valence-electron chi connectivity index (χ0n) is 15.6. The van der Waals surface area contributed by atoms with Crippen molar-refractivity contribution in [3.05, 3.63) is 52.6 Å². The number of aryl methyl sites for hydroxylation is 2. The lowest BCUT2D eigenvalue weighted by Crippen LogP contribution is -2.28. The van der Waals surface area contributed by atoms with Gasteiger partial charge in [-0.25, -0.2) is 9.97 Å². The van der Waals surface area contributed by atoms with Crippen LogP contribution in [-0.4, -0.2) is 29.3 Å². The lowest BCUT2D eigenvalue weighted by Gasteiger charge is -2.24. The molecule has 1 N–H and O–H groups in total. The van der Waals surface area contributed by atoms with Gasteiger partial charge in [0.1, 0.15) is 5.82 Å². The van der Waals surface area contributed by atoms with Crippen molar-refractivity contribution in [1.82, 2.24) is 15.3 Å². The van der Waals surface area contributed by atoms with E-state index in [4.69, 9.17) is 4.84 Å². The summed E-state index contributed by atoms with van der Waals surface area (Å²) < 4.78 is 38.4. The van der Waals surface area contributed by atoms with Gasteiger partial charge in [-0.05, 0) is 58.0 Å². The van der Waals surface area contributed by atoms with E-state index in [0.29, 0.717) is 11.7 Å². The van der Waals surface area contributed by atoms with Crippen LogP contribution in [0.1, 0.15) is 47.1 Å². The number of rotatable bonds is 4. The summed E-state index contributed by atoms with van der Waals surface area (Å²) in [6, 6.07) is 4.63. The number of benzene rings is 1. The predicted octanol–water partition coefficient (Wildman–Crippen LogP) is 4.41. The van der Waals surface area contributed by atoms with Gasteiger partial charge in [0.15, 0.2) is 5.75 Å². The molecule has 0 spiro atoms. The van der Waals surface area contributed by atoms with Crippen LogP contribution in [0.15, 0.2) is 29.4 Å². The molecule has 0 amide bonds. The summed E-state index contributed by atoms with van der Waals surface area (Å²) in [5, 5.41) is 7.21. The monoisotopic (exact) mass is 414 g/mol. The van der Waals surface area contributed by atoms with E-state index in [1.54, 1.807) is 0 Å². The quantitative estimate of drug-likeness (QED) is 0.594. The van der Waals surface area contributed by atoms with Crippen molar-refractivity contribution in [2.24, 2.45) is 5.16 Å². The van der Waals surface area contributed by atoms with Crippen molar-refractivity contribution in [2.75, 3.05) is 13.1 Å². The minimum absolute atomic E-state index is 0. The fraction of sp³-hybridized carbons (Fsp3) is 0.421. The first kappa shape index (κ1) is 22.1. The molecule has 0 atom stereocenters. The van der Waals surface area contributed by atoms with Gasteiger partial charge in [-0.3, -0.25) is 0 Å².